The van der Waals surface area contributed by atoms with Gasteiger partial charge in [0, 0.05) is 45.1 Å². The van der Waals surface area contributed by atoms with E-state index in [9.17, 15) is 17.1 Å². The Morgan fingerprint density at radius 3 is 2.33 bits per heavy atom. The lowest BCUT2D eigenvalue weighted by Crippen LogP contribution is -2.43. The molecule has 3 atom stereocenters. The standard InChI is InChI=1S/C14H25FN2O3S/c1-11-5-12(2)8-16(7-11)3-4-17-9-13(6-14(17)18)10-21(15,19)20/h11-13H,3-10H2,1-2H3. The van der Waals surface area contributed by atoms with Crippen LogP contribution in [0.4, 0.5) is 3.89 Å². The summed E-state index contributed by atoms with van der Waals surface area (Å²) in [5, 5.41) is 0. The van der Waals surface area contributed by atoms with Gasteiger partial charge in [0.15, 0.2) is 0 Å². The van der Waals surface area contributed by atoms with E-state index in [0.717, 1.165) is 19.6 Å². The normalized spacial score (nSPS) is 31.9. The maximum atomic E-state index is 12.7. The van der Waals surface area contributed by atoms with E-state index in [4.69, 9.17) is 0 Å². The van der Waals surface area contributed by atoms with Crippen molar-refractivity contribution >= 4 is 16.1 Å². The molecular formula is C14H25FN2O3S. The van der Waals surface area contributed by atoms with Crippen molar-refractivity contribution in [2.45, 2.75) is 26.7 Å². The summed E-state index contributed by atoms with van der Waals surface area (Å²) in [5.41, 5.74) is 0. The fraction of sp³-hybridized carbons (Fsp3) is 0.929. The highest BCUT2D eigenvalue weighted by molar-refractivity contribution is 7.86. The minimum Gasteiger partial charge on any atom is -0.341 e. The van der Waals surface area contributed by atoms with Crippen LogP contribution in [-0.2, 0) is 15.0 Å². The van der Waals surface area contributed by atoms with Crippen molar-refractivity contribution in [1.29, 1.82) is 0 Å². The number of nitrogens with zero attached hydrogens (tertiary/aromatic N) is 2. The van der Waals surface area contributed by atoms with Crippen molar-refractivity contribution in [2.24, 2.45) is 17.8 Å². The summed E-state index contributed by atoms with van der Waals surface area (Å²) in [4.78, 5) is 15.9. The van der Waals surface area contributed by atoms with Gasteiger partial charge in [0.05, 0.1) is 5.75 Å². The number of hydrogen-bond donors (Lipinski definition) is 0. The number of piperidine rings is 1. The van der Waals surface area contributed by atoms with E-state index in [0.29, 0.717) is 24.9 Å². The van der Waals surface area contributed by atoms with Crippen LogP contribution in [0.5, 0.6) is 0 Å². The zero-order valence-electron chi connectivity index (χ0n) is 12.8. The number of amides is 1. The molecule has 0 aromatic rings. The highest BCUT2D eigenvalue weighted by atomic mass is 32.3. The number of likely N-dealkylation sites (tertiary alicyclic amines) is 2. The quantitative estimate of drug-likeness (QED) is 0.712. The number of carbonyl (C=O) groups is 1. The number of halogens is 1. The Labute approximate surface area is 126 Å². The largest absolute Gasteiger partial charge is 0.341 e. The van der Waals surface area contributed by atoms with Gasteiger partial charge in [-0.3, -0.25) is 4.79 Å². The molecule has 5 nitrogen and oxygen atoms in total. The van der Waals surface area contributed by atoms with Crippen LogP contribution in [0.15, 0.2) is 0 Å². The van der Waals surface area contributed by atoms with E-state index in [2.05, 4.69) is 18.7 Å². The van der Waals surface area contributed by atoms with Gasteiger partial charge in [-0.25, -0.2) is 0 Å². The Morgan fingerprint density at radius 1 is 1.14 bits per heavy atom. The molecule has 0 saturated carbocycles. The smallest absolute Gasteiger partial charge is 0.302 e. The SMILES string of the molecule is CC1CC(C)CN(CCN2CC(CS(=O)(=O)F)CC2=O)C1. The molecule has 0 aliphatic carbocycles. The number of rotatable bonds is 5. The van der Waals surface area contributed by atoms with Crippen LogP contribution >= 0.6 is 0 Å². The monoisotopic (exact) mass is 320 g/mol. The first kappa shape index (κ1) is 16.7. The molecule has 0 N–H and O–H groups in total. The fourth-order valence-corrected chi connectivity index (χ4v) is 4.49. The third-order valence-electron chi connectivity index (χ3n) is 4.36. The lowest BCUT2D eigenvalue weighted by Gasteiger charge is -2.35. The molecule has 0 spiro atoms. The first-order valence-corrected chi connectivity index (χ1v) is 9.20. The Hall–Kier alpha value is -0.690. The Balaban J connectivity index is 1.79. The van der Waals surface area contributed by atoms with Crippen molar-refractivity contribution in [2.75, 3.05) is 38.5 Å². The third-order valence-corrected chi connectivity index (χ3v) is 5.23. The molecular weight excluding hydrogens is 295 g/mol. The van der Waals surface area contributed by atoms with Crippen LogP contribution in [0.1, 0.15) is 26.7 Å². The zero-order chi connectivity index (χ0) is 15.6. The molecule has 2 saturated heterocycles. The van der Waals surface area contributed by atoms with Crippen molar-refractivity contribution in [3.05, 3.63) is 0 Å². The average molecular weight is 320 g/mol. The van der Waals surface area contributed by atoms with Crippen molar-refractivity contribution < 1.29 is 17.1 Å². The van der Waals surface area contributed by atoms with Gasteiger partial charge < -0.3 is 9.80 Å². The predicted octanol–water partition coefficient (Wildman–Crippen LogP) is 1.11. The molecule has 0 bridgehead atoms. The highest BCUT2D eigenvalue weighted by Crippen LogP contribution is 2.22. The van der Waals surface area contributed by atoms with Crippen molar-refractivity contribution in [1.82, 2.24) is 9.80 Å². The van der Waals surface area contributed by atoms with E-state index < -0.39 is 21.9 Å². The van der Waals surface area contributed by atoms with Gasteiger partial charge in [0.1, 0.15) is 0 Å². The van der Waals surface area contributed by atoms with E-state index >= 15 is 0 Å². The number of hydrogen-bond acceptors (Lipinski definition) is 4. The maximum Gasteiger partial charge on any atom is 0.302 e. The van der Waals surface area contributed by atoms with Gasteiger partial charge in [-0.1, -0.05) is 13.8 Å². The first-order chi connectivity index (χ1) is 9.73. The van der Waals surface area contributed by atoms with Gasteiger partial charge in [-0.15, -0.1) is 3.89 Å². The molecule has 122 valence electrons. The molecule has 7 heteroatoms. The summed E-state index contributed by atoms with van der Waals surface area (Å²) in [6.07, 6.45) is 1.39. The molecule has 1 amide bonds. The molecule has 3 unspecified atom stereocenters. The predicted molar refractivity (Wildman–Crippen MR) is 79.0 cm³/mol. The lowest BCUT2D eigenvalue weighted by atomic mass is 9.92. The maximum absolute atomic E-state index is 12.7. The summed E-state index contributed by atoms with van der Waals surface area (Å²) >= 11 is 0. The van der Waals surface area contributed by atoms with E-state index in [1.807, 2.05) is 0 Å². The summed E-state index contributed by atoms with van der Waals surface area (Å²) in [5.74, 6) is 0.362. The number of carbonyl (C=O) groups excluding carboxylic acids is 1. The van der Waals surface area contributed by atoms with Crippen LogP contribution in [0.3, 0.4) is 0 Å². The molecule has 0 aromatic heterocycles. The highest BCUT2D eigenvalue weighted by Gasteiger charge is 2.33. The first-order valence-electron chi connectivity index (χ1n) is 7.65. The molecule has 21 heavy (non-hydrogen) atoms. The minimum absolute atomic E-state index is 0.0539. The zero-order valence-corrected chi connectivity index (χ0v) is 13.6. The minimum atomic E-state index is -4.49. The Bertz CT molecular complexity index is 473. The van der Waals surface area contributed by atoms with Gasteiger partial charge in [0.25, 0.3) is 0 Å². The summed E-state index contributed by atoms with van der Waals surface area (Å²) < 4.78 is 34.0. The van der Waals surface area contributed by atoms with E-state index in [1.165, 1.54) is 6.42 Å². The average Bonchev–Trinajstić information content (AvgIpc) is 2.63. The van der Waals surface area contributed by atoms with Crippen LogP contribution in [0.2, 0.25) is 0 Å². The van der Waals surface area contributed by atoms with Gasteiger partial charge in [-0.05, 0) is 18.3 Å². The van der Waals surface area contributed by atoms with Gasteiger partial charge in [0.2, 0.25) is 5.91 Å². The van der Waals surface area contributed by atoms with Gasteiger partial charge >= 0.3 is 10.2 Å². The van der Waals surface area contributed by atoms with Crippen LogP contribution in [0, 0.1) is 17.8 Å². The molecule has 2 aliphatic heterocycles. The van der Waals surface area contributed by atoms with Crippen LogP contribution in [-0.4, -0.2) is 62.6 Å². The van der Waals surface area contributed by atoms with E-state index in [-0.39, 0.29) is 12.3 Å². The topological polar surface area (TPSA) is 57.7 Å². The van der Waals surface area contributed by atoms with Crippen LogP contribution in [0.25, 0.3) is 0 Å². The summed E-state index contributed by atoms with van der Waals surface area (Å²) in [6, 6.07) is 0. The second-order valence-corrected chi connectivity index (χ2v) is 8.23. The molecule has 2 aliphatic rings. The van der Waals surface area contributed by atoms with Gasteiger partial charge in [-0.2, -0.15) is 8.42 Å². The Kier molecular flexibility index (Phi) is 5.24. The molecule has 0 radical (unpaired) electrons. The fourth-order valence-electron chi connectivity index (χ4n) is 3.70. The van der Waals surface area contributed by atoms with Crippen molar-refractivity contribution in [3.63, 3.8) is 0 Å². The Morgan fingerprint density at radius 2 is 1.76 bits per heavy atom. The second-order valence-electron chi connectivity index (χ2n) is 6.82. The molecule has 2 heterocycles. The second kappa shape index (κ2) is 6.60. The third kappa shape index (κ3) is 5.21. The van der Waals surface area contributed by atoms with Crippen LogP contribution < -0.4 is 0 Å². The lowest BCUT2D eigenvalue weighted by molar-refractivity contribution is -0.127. The van der Waals surface area contributed by atoms with Crippen molar-refractivity contribution in [3.8, 4) is 0 Å². The molecule has 2 fully saturated rings. The van der Waals surface area contributed by atoms with E-state index in [1.54, 1.807) is 4.90 Å². The summed E-state index contributed by atoms with van der Waals surface area (Å²) in [7, 11) is -4.49. The molecule has 0 aromatic carbocycles. The molecule has 2 rings (SSSR count). The summed E-state index contributed by atoms with van der Waals surface area (Å²) in [6.45, 7) is 8.37.